The summed E-state index contributed by atoms with van der Waals surface area (Å²) in [4.78, 5) is 0. The maximum atomic E-state index is 5.60. The first kappa shape index (κ1) is 11.7. The van der Waals surface area contributed by atoms with Crippen LogP contribution in [0.15, 0.2) is 36.7 Å². The van der Waals surface area contributed by atoms with Crippen molar-refractivity contribution in [2.75, 3.05) is 6.54 Å². The van der Waals surface area contributed by atoms with Gasteiger partial charge in [-0.2, -0.15) is 5.10 Å². The van der Waals surface area contributed by atoms with E-state index in [1.54, 1.807) is 10.9 Å². The normalized spacial score (nSPS) is 10.5. The van der Waals surface area contributed by atoms with Gasteiger partial charge >= 0.3 is 0 Å². The van der Waals surface area contributed by atoms with Crippen LogP contribution >= 0.6 is 0 Å². The Morgan fingerprint density at radius 3 is 2.53 bits per heavy atom. The second-order valence-electron chi connectivity index (χ2n) is 3.99. The van der Waals surface area contributed by atoms with Crippen molar-refractivity contribution >= 4 is 0 Å². The molecule has 1 aromatic heterocycles. The molecule has 0 unspecified atom stereocenters. The Hall–Kier alpha value is -1.81. The molecule has 2 N–H and O–H groups in total. The fourth-order valence-corrected chi connectivity index (χ4v) is 1.61. The van der Waals surface area contributed by atoms with Crippen molar-refractivity contribution in [2.45, 2.75) is 13.0 Å². The van der Waals surface area contributed by atoms with Gasteiger partial charge in [-0.05, 0) is 24.1 Å². The quantitative estimate of drug-likeness (QED) is 0.848. The zero-order chi connectivity index (χ0) is 12.1. The summed E-state index contributed by atoms with van der Waals surface area (Å²) in [5, 5.41) is 4.05. The Morgan fingerprint density at radius 2 is 1.94 bits per heavy atom. The van der Waals surface area contributed by atoms with Gasteiger partial charge in [0.15, 0.2) is 5.75 Å². The number of benzene rings is 1. The molecule has 1 aromatic carbocycles. The molecule has 0 fully saturated rings. The minimum atomic E-state index is 0.564. The molecule has 0 atom stereocenters. The third kappa shape index (κ3) is 3.32. The van der Waals surface area contributed by atoms with Crippen molar-refractivity contribution < 1.29 is 4.74 Å². The predicted octanol–water partition coefficient (Wildman–Crippen LogP) is 1.50. The summed E-state index contributed by atoms with van der Waals surface area (Å²) < 4.78 is 7.33. The second-order valence-corrected chi connectivity index (χ2v) is 3.99. The van der Waals surface area contributed by atoms with Gasteiger partial charge in [0.2, 0.25) is 0 Å². The summed E-state index contributed by atoms with van der Waals surface area (Å²) in [7, 11) is 1.87. The zero-order valence-electron chi connectivity index (χ0n) is 9.97. The van der Waals surface area contributed by atoms with Gasteiger partial charge in [-0.15, -0.1) is 0 Å². The highest BCUT2D eigenvalue weighted by Crippen LogP contribution is 2.11. The van der Waals surface area contributed by atoms with Crippen LogP contribution in [0.1, 0.15) is 11.1 Å². The van der Waals surface area contributed by atoms with Gasteiger partial charge in [0.1, 0.15) is 6.61 Å². The highest BCUT2D eigenvalue weighted by Gasteiger charge is 1.98. The van der Waals surface area contributed by atoms with Crippen LogP contribution in [0.3, 0.4) is 0 Å². The number of rotatable bonds is 5. The maximum Gasteiger partial charge on any atom is 0.157 e. The Labute approximate surface area is 101 Å². The number of hydrogen-bond acceptors (Lipinski definition) is 3. The van der Waals surface area contributed by atoms with E-state index in [4.69, 9.17) is 10.5 Å². The smallest absolute Gasteiger partial charge is 0.157 e. The second kappa shape index (κ2) is 5.50. The van der Waals surface area contributed by atoms with E-state index in [9.17, 15) is 0 Å². The Morgan fingerprint density at radius 1 is 1.24 bits per heavy atom. The van der Waals surface area contributed by atoms with Crippen LogP contribution in [0, 0.1) is 0 Å². The number of nitrogens with zero attached hydrogens (tertiary/aromatic N) is 2. The highest BCUT2D eigenvalue weighted by atomic mass is 16.5. The summed E-state index contributed by atoms with van der Waals surface area (Å²) in [6, 6.07) is 8.33. The number of aromatic nitrogens is 2. The number of aryl methyl sites for hydroxylation is 1. The number of nitrogens with two attached hydrogens (primary N) is 1. The largest absolute Gasteiger partial charge is 0.486 e. The summed E-state index contributed by atoms with van der Waals surface area (Å²) >= 11 is 0. The van der Waals surface area contributed by atoms with Gasteiger partial charge in [0.25, 0.3) is 0 Å². The van der Waals surface area contributed by atoms with Gasteiger partial charge < -0.3 is 10.5 Å². The van der Waals surface area contributed by atoms with Crippen LogP contribution < -0.4 is 10.5 Å². The fraction of sp³-hybridized carbons (Fsp3) is 0.308. The molecule has 90 valence electrons. The molecule has 0 amide bonds. The van der Waals surface area contributed by atoms with Crippen LogP contribution in [0.2, 0.25) is 0 Å². The fourth-order valence-electron chi connectivity index (χ4n) is 1.61. The molecule has 0 bridgehead atoms. The summed E-state index contributed by atoms with van der Waals surface area (Å²) in [5.74, 6) is 0.790. The molecule has 4 nitrogen and oxygen atoms in total. The Bertz CT molecular complexity index is 462. The van der Waals surface area contributed by atoms with Crippen molar-refractivity contribution in [1.82, 2.24) is 9.78 Å². The molecule has 0 radical (unpaired) electrons. The van der Waals surface area contributed by atoms with Crippen LogP contribution in [0.5, 0.6) is 5.75 Å². The first-order valence-electron chi connectivity index (χ1n) is 5.67. The molecule has 4 heteroatoms. The van der Waals surface area contributed by atoms with E-state index in [2.05, 4.69) is 29.4 Å². The van der Waals surface area contributed by atoms with Crippen LogP contribution in [-0.2, 0) is 20.1 Å². The maximum absolute atomic E-state index is 5.60. The molecule has 0 aliphatic rings. The minimum Gasteiger partial charge on any atom is -0.486 e. The molecule has 0 aliphatic carbocycles. The standard InChI is InChI=1S/C13H17N3O/c1-16-9-13(8-15-16)17-10-12-4-2-11(3-5-12)6-7-14/h2-5,8-9H,6-7,10,14H2,1H3. The average molecular weight is 231 g/mol. The number of hydrogen-bond donors (Lipinski definition) is 1. The van der Waals surface area contributed by atoms with E-state index >= 15 is 0 Å². The lowest BCUT2D eigenvalue weighted by Crippen LogP contribution is -2.02. The monoisotopic (exact) mass is 231 g/mol. The topological polar surface area (TPSA) is 53.1 Å². The lowest BCUT2D eigenvalue weighted by molar-refractivity contribution is 0.306. The first-order chi connectivity index (χ1) is 8.28. The third-order valence-electron chi connectivity index (χ3n) is 2.54. The van der Waals surface area contributed by atoms with Gasteiger partial charge in [0, 0.05) is 7.05 Å². The van der Waals surface area contributed by atoms with Gasteiger partial charge in [-0.1, -0.05) is 24.3 Å². The number of ether oxygens (including phenoxy) is 1. The summed E-state index contributed by atoms with van der Waals surface area (Å²) in [5.41, 5.74) is 7.91. The molecule has 0 saturated heterocycles. The lowest BCUT2D eigenvalue weighted by Gasteiger charge is -2.04. The molecular weight excluding hydrogens is 214 g/mol. The Balaban J connectivity index is 1.90. The Kier molecular flexibility index (Phi) is 3.77. The van der Waals surface area contributed by atoms with Crippen molar-refractivity contribution in [3.8, 4) is 5.75 Å². The average Bonchev–Trinajstić information content (AvgIpc) is 2.75. The molecule has 0 spiro atoms. The lowest BCUT2D eigenvalue weighted by atomic mass is 10.1. The van der Waals surface area contributed by atoms with Crippen molar-refractivity contribution in [2.24, 2.45) is 12.8 Å². The predicted molar refractivity (Wildman–Crippen MR) is 66.7 cm³/mol. The van der Waals surface area contributed by atoms with Crippen LogP contribution in [-0.4, -0.2) is 16.3 Å². The molecule has 0 saturated carbocycles. The van der Waals surface area contributed by atoms with E-state index in [0.29, 0.717) is 13.2 Å². The van der Waals surface area contributed by atoms with E-state index in [1.165, 1.54) is 5.56 Å². The van der Waals surface area contributed by atoms with Gasteiger partial charge in [-0.3, -0.25) is 4.68 Å². The van der Waals surface area contributed by atoms with Crippen LogP contribution in [0.4, 0.5) is 0 Å². The zero-order valence-corrected chi connectivity index (χ0v) is 9.97. The van der Waals surface area contributed by atoms with E-state index < -0.39 is 0 Å². The van der Waals surface area contributed by atoms with Gasteiger partial charge in [-0.25, -0.2) is 0 Å². The highest BCUT2D eigenvalue weighted by molar-refractivity contribution is 5.23. The van der Waals surface area contributed by atoms with Crippen molar-refractivity contribution in [3.63, 3.8) is 0 Å². The van der Waals surface area contributed by atoms with E-state index in [-0.39, 0.29) is 0 Å². The first-order valence-corrected chi connectivity index (χ1v) is 5.67. The third-order valence-corrected chi connectivity index (χ3v) is 2.54. The van der Waals surface area contributed by atoms with E-state index in [0.717, 1.165) is 17.7 Å². The molecule has 1 heterocycles. The molecule has 2 rings (SSSR count). The van der Waals surface area contributed by atoms with Crippen LogP contribution in [0.25, 0.3) is 0 Å². The summed E-state index contributed by atoms with van der Waals surface area (Å²) in [6.07, 6.45) is 4.48. The van der Waals surface area contributed by atoms with Crippen molar-refractivity contribution in [1.29, 1.82) is 0 Å². The summed E-state index contributed by atoms with van der Waals surface area (Å²) in [6.45, 7) is 1.25. The molecular formula is C13H17N3O. The molecule has 2 aromatic rings. The van der Waals surface area contributed by atoms with E-state index in [1.807, 2.05) is 13.2 Å². The van der Waals surface area contributed by atoms with Gasteiger partial charge in [0.05, 0.1) is 12.4 Å². The minimum absolute atomic E-state index is 0.564. The SMILES string of the molecule is Cn1cc(OCc2ccc(CCN)cc2)cn1. The molecule has 17 heavy (non-hydrogen) atoms. The molecule has 0 aliphatic heterocycles. The van der Waals surface area contributed by atoms with Crippen molar-refractivity contribution in [3.05, 3.63) is 47.8 Å².